The SMILES string of the molecule is Cn1cc(CNCC2(O)CCC2)nn1. The zero-order chi connectivity index (χ0) is 10.0. The normalized spacial score (nSPS) is 19.3. The molecule has 5 heteroatoms. The maximum absolute atomic E-state index is 9.79. The Balaban J connectivity index is 1.72. The number of aryl methyl sites for hydroxylation is 1. The molecule has 14 heavy (non-hydrogen) atoms. The molecule has 1 aromatic rings. The van der Waals surface area contributed by atoms with Crippen molar-refractivity contribution in [2.45, 2.75) is 31.4 Å². The van der Waals surface area contributed by atoms with Gasteiger partial charge in [0.1, 0.15) is 0 Å². The van der Waals surface area contributed by atoms with E-state index in [4.69, 9.17) is 0 Å². The fourth-order valence-corrected chi connectivity index (χ4v) is 1.66. The summed E-state index contributed by atoms with van der Waals surface area (Å²) >= 11 is 0. The van der Waals surface area contributed by atoms with Gasteiger partial charge in [0.05, 0.1) is 11.3 Å². The van der Waals surface area contributed by atoms with Crippen LogP contribution in [0.3, 0.4) is 0 Å². The Morgan fingerprint density at radius 1 is 1.64 bits per heavy atom. The first-order valence-corrected chi connectivity index (χ1v) is 4.96. The lowest BCUT2D eigenvalue weighted by atomic mass is 9.80. The molecule has 0 amide bonds. The zero-order valence-corrected chi connectivity index (χ0v) is 8.40. The van der Waals surface area contributed by atoms with Crippen molar-refractivity contribution in [2.75, 3.05) is 6.54 Å². The topological polar surface area (TPSA) is 63.0 Å². The van der Waals surface area contributed by atoms with E-state index in [0.29, 0.717) is 13.1 Å². The first-order chi connectivity index (χ1) is 6.68. The second-order valence-corrected chi connectivity index (χ2v) is 4.06. The molecule has 0 aromatic carbocycles. The van der Waals surface area contributed by atoms with Crippen molar-refractivity contribution in [3.63, 3.8) is 0 Å². The third-order valence-electron chi connectivity index (χ3n) is 2.69. The van der Waals surface area contributed by atoms with Crippen molar-refractivity contribution in [3.8, 4) is 0 Å². The van der Waals surface area contributed by atoms with E-state index in [0.717, 1.165) is 25.0 Å². The van der Waals surface area contributed by atoms with Crippen LogP contribution in [0.2, 0.25) is 0 Å². The Morgan fingerprint density at radius 3 is 2.93 bits per heavy atom. The summed E-state index contributed by atoms with van der Waals surface area (Å²) in [5.74, 6) is 0. The summed E-state index contributed by atoms with van der Waals surface area (Å²) in [6.07, 6.45) is 4.85. The summed E-state index contributed by atoms with van der Waals surface area (Å²) in [7, 11) is 1.84. The van der Waals surface area contributed by atoms with E-state index < -0.39 is 5.60 Å². The van der Waals surface area contributed by atoms with E-state index in [9.17, 15) is 5.11 Å². The van der Waals surface area contributed by atoms with Gasteiger partial charge in [0.15, 0.2) is 0 Å². The van der Waals surface area contributed by atoms with Crippen molar-refractivity contribution in [1.82, 2.24) is 20.3 Å². The van der Waals surface area contributed by atoms with Gasteiger partial charge in [0.2, 0.25) is 0 Å². The van der Waals surface area contributed by atoms with Gasteiger partial charge >= 0.3 is 0 Å². The summed E-state index contributed by atoms with van der Waals surface area (Å²) in [6.45, 7) is 1.33. The molecule has 0 aliphatic heterocycles. The maximum atomic E-state index is 9.79. The largest absolute Gasteiger partial charge is 0.389 e. The van der Waals surface area contributed by atoms with Crippen LogP contribution in [0.1, 0.15) is 25.0 Å². The average Bonchev–Trinajstić information content (AvgIpc) is 2.49. The van der Waals surface area contributed by atoms with Gasteiger partial charge in [-0.05, 0) is 19.3 Å². The zero-order valence-electron chi connectivity index (χ0n) is 8.40. The van der Waals surface area contributed by atoms with Crippen LogP contribution in [0.4, 0.5) is 0 Å². The fraction of sp³-hybridized carbons (Fsp3) is 0.778. The minimum Gasteiger partial charge on any atom is -0.389 e. The predicted octanol–water partition coefficient (Wildman–Crippen LogP) is -0.180. The molecule has 0 bridgehead atoms. The Bertz CT molecular complexity index is 306. The quantitative estimate of drug-likeness (QED) is 0.701. The molecule has 78 valence electrons. The summed E-state index contributed by atoms with van der Waals surface area (Å²) in [5.41, 5.74) is 0.456. The van der Waals surface area contributed by atoms with Gasteiger partial charge in [-0.3, -0.25) is 4.68 Å². The molecule has 5 nitrogen and oxygen atoms in total. The van der Waals surface area contributed by atoms with Crippen molar-refractivity contribution in [3.05, 3.63) is 11.9 Å². The molecule has 1 heterocycles. The van der Waals surface area contributed by atoms with Crippen LogP contribution >= 0.6 is 0 Å². The molecule has 0 radical (unpaired) electrons. The minimum absolute atomic E-state index is 0.456. The van der Waals surface area contributed by atoms with Crippen molar-refractivity contribution in [1.29, 1.82) is 0 Å². The molecule has 0 atom stereocenters. The smallest absolute Gasteiger partial charge is 0.0964 e. The summed E-state index contributed by atoms with van der Waals surface area (Å²) in [4.78, 5) is 0. The number of rotatable bonds is 4. The second kappa shape index (κ2) is 3.67. The lowest BCUT2D eigenvalue weighted by molar-refractivity contribution is -0.0315. The molecule has 2 N–H and O–H groups in total. The minimum atomic E-state index is -0.456. The molecule has 0 spiro atoms. The summed E-state index contributed by atoms with van der Waals surface area (Å²) in [6, 6.07) is 0. The molecule has 1 aliphatic carbocycles. The Labute approximate surface area is 83.1 Å². The number of aromatic nitrogens is 3. The van der Waals surface area contributed by atoms with Gasteiger partial charge in [-0.15, -0.1) is 5.10 Å². The van der Waals surface area contributed by atoms with Crippen LogP contribution in [0, 0.1) is 0 Å². The number of aliphatic hydroxyl groups is 1. The maximum Gasteiger partial charge on any atom is 0.0964 e. The first kappa shape index (κ1) is 9.61. The van der Waals surface area contributed by atoms with Crippen LogP contribution in [0.25, 0.3) is 0 Å². The van der Waals surface area contributed by atoms with Gasteiger partial charge in [0, 0.05) is 26.3 Å². The van der Waals surface area contributed by atoms with E-state index in [1.165, 1.54) is 0 Å². The molecule has 0 saturated heterocycles. The third kappa shape index (κ3) is 2.10. The monoisotopic (exact) mass is 196 g/mol. The Kier molecular flexibility index (Phi) is 2.52. The third-order valence-corrected chi connectivity index (χ3v) is 2.69. The molecule has 2 rings (SSSR count). The predicted molar refractivity (Wildman–Crippen MR) is 51.5 cm³/mol. The average molecular weight is 196 g/mol. The highest BCUT2D eigenvalue weighted by Gasteiger charge is 2.33. The van der Waals surface area contributed by atoms with Crippen molar-refractivity contribution >= 4 is 0 Å². The Hall–Kier alpha value is -0.940. The molecule has 0 unspecified atom stereocenters. The number of nitrogens with one attached hydrogen (secondary N) is 1. The van der Waals surface area contributed by atoms with Gasteiger partial charge in [-0.25, -0.2) is 0 Å². The van der Waals surface area contributed by atoms with Crippen LogP contribution in [0.5, 0.6) is 0 Å². The molecule has 1 fully saturated rings. The van der Waals surface area contributed by atoms with Gasteiger partial charge < -0.3 is 10.4 Å². The standard InChI is InChI=1S/C9H16N4O/c1-13-6-8(11-12-13)5-10-7-9(14)3-2-4-9/h6,10,14H,2-5,7H2,1H3. The van der Waals surface area contributed by atoms with Gasteiger partial charge in [-0.1, -0.05) is 5.21 Å². The van der Waals surface area contributed by atoms with Crippen LogP contribution in [-0.2, 0) is 13.6 Å². The lowest BCUT2D eigenvalue weighted by Gasteiger charge is -2.36. The fourth-order valence-electron chi connectivity index (χ4n) is 1.66. The number of hydrogen-bond donors (Lipinski definition) is 2. The van der Waals surface area contributed by atoms with Crippen molar-refractivity contribution < 1.29 is 5.11 Å². The molecular weight excluding hydrogens is 180 g/mol. The molecule has 1 saturated carbocycles. The van der Waals surface area contributed by atoms with E-state index in [1.54, 1.807) is 4.68 Å². The molecule has 1 aromatic heterocycles. The number of hydrogen-bond acceptors (Lipinski definition) is 4. The second-order valence-electron chi connectivity index (χ2n) is 4.06. The molecular formula is C9H16N4O. The van der Waals surface area contributed by atoms with Crippen molar-refractivity contribution in [2.24, 2.45) is 7.05 Å². The Morgan fingerprint density at radius 2 is 2.43 bits per heavy atom. The highest BCUT2D eigenvalue weighted by atomic mass is 16.3. The van der Waals surface area contributed by atoms with Crippen LogP contribution in [-0.4, -0.2) is 32.2 Å². The molecule has 1 aliphatic rings. The van der Waals surface area contributed by atoms with E-state index in [2.05, 4.69) is 15.6 Å². The highest BCUT2D eigenvalue weighted by Crippen LogP contribution is 2.30. The summed E-state index contributed by atoms with van der Waals surface area (Å²) < 4.78 is 1.68. The van der Waals surface area contributed by atoms with E-state index in [-0.39, 0.29) is 0 Å². The highest BCUT2D eigenvalue weighted by molar-refractivity contribution is 4.94. The first-order valence-electron chi connectivity index (χ1n) is 4.96. The van der Waals surface area contributed by atoms with E-state index >= 15 is 0 Å². The van der Waals surface area contributed by atoms with E-state index in [1.807, 2.05) is 13.2 Å². The number of nitrogens with zero attached hydrogens (tertiary/aromatic N) is 3. The van der Waals surface area contributed by atoms with Crippen LogP contribution < -0.4 is 5.32 Å². The van der Waals surface area contributed by atoms with Gasteiger partial charge in [-0.2, -0.15) is 0 Å². The van der Waals surface area contributed by atoms with Gasteiger partial charge in [0.25, 0.3) is 0 Å². The lowest BCUT2D eigenvalue weighted by Crippen LogP contribution is -2.46. The summed E-state index contributed by atoms with van der Waals surface area (Å²) in [5, 5.41) is 20.8. The van der Waals surface area contributed by atoms with Crippen LogP contribution in [0.15, 0.2) is 6.20 Å².